The molecule has 152 valence electrons. The van der Waals surface area contributed by atoms with Crippen molar-refractivity contribution in [1.29, 1.82) is 0 Å². The molecule has 0 unspecified atom stereocenters. The largest absolute Gasteiger partial charge is 0.0730 e. The van der Waals surface area contributed by atoms with E-state index in [1.807, 2.05) is 0 Å². The zero-order valence-corrected chi connectivity index (χ0v) is 18.2. The van der Waals surface area contributed by atoms with Crippen LogP contribution in [0.25, 0.3) is 0 Å². The van der Waals surface area contributed by atoms with Crippen molar-refractivity contribution in [3.8, 4) is 11.8 Å². The molecule has 2 saturated carbocycles. The molecule has 0 saturated heterocycles. The van der Waals surface area contributed by atoms with Crippen LogP contribution in [0, 0.1) is 35.5 Å². The van der Waals surface area contributed by atoms with Crippen LogP contribution >= 0.6 is 0 Å². The highest BCUT2D eigenvalue weighted by Crippen LogP contribution is 2.33. The minimum absolute atomic E-state index is 0.782. The van der Waals surface area contributed by atoms with Gasteiger partial charge in [0.1, 0.15) is 0 Å². The summed E-state index contributed by atoms with van der Waals surface area (Å²) in [5.74, 6) is 10.1. The Morgan fingerprint density at radius 3 is 1.48 bits per heavy atom. The molecule has 0 N–H and O–H groups in total. The highest BCUT2D eigenvalue weighted by Gasteiger charge is 2.19. The second kappa shape index (κ2) is 14.1. The number of allylic oxidation sites excluding steroid dienone is 4. The second-order valence-electron chi connectivity index (χ2n) is 9.21. The van der Waals surface area contributed by atoms with Crippen LogP contribution in [0.2, 0.25) is 0 Å². The fourth-order valence-electron chi connectivity index (χ4n) is 4.98. The molecule has 0 aromatic carbocycles. The number of rotatable bonds is 9. The van der Waals surface area contributed by atoms with Crippen molar-refractivity contribution >= 4 is 0 Å². The zero-order valence-electron chi connectivity index (χ0n) is 18.2. The van der Waals surface area contributed by atoms with Gasteiger partial charge in [0.25, 0.3) is 0 Å². The lowest BCUT2D eigenvalue weighted by Gasteiger charge is -2.26. The average molecular weight is 369 g/mol. The van der Waals surface area contributed by atoms with Gasteiger partial charge in [-0.1, -0.05) is 82.8 Å². The van der Waals surface area contributed by atoms with Crippen LogP contribution in [0.4, 0.5) is 0 Å². The van der Waals surface area contributed by atoms with Gasteiger partial charge in [-0.2, -0.15) is 0 Å². The van der Waals surface area contributed by atoms with E-state index < -0.39 is 0 Å². The molecule has 2 rings (SSSR count). The van der Waals surface area contributed by atoms with Gasteiger partial charge >= 0.3 is 0 Å². The molecular formula is C27H44. The molecule has 0 heteroatoms. The first kappa shape index (κ1) is 22.3. The Kier molecular flexibility index (Phi) is 11.7. The third-order valence-corrected chi connectivity index (χ3v) is 6.95. The van der Waals surface area contributed by atoms with Gasteiger partial charge in [-0.15, -0.1) is 0 Å². The molecule has 0 atom stereocenters. The summed E-state index contributed by atoms with van der Waals surface area (Å²) in [5, 5.41) is 0. The van der Waals surface area contributed by atoms with Gasteiger partial charge in [0.2, 0.25) is 0 Å². The first-order valence-electron chi connectivity index (χ1n) is 12.2. The summed E-state index contributed by atoms with van der Waals surface area (Å²) in [6.07, 6.45) is 30.2. The van der Waals surface area contributed by atoms with Gasteiger partial charge in [0.05, 0.1) is 0 Å². The summed E-state index contributed by atoms with van der Waals surface area (Å²) < 4.78 is 0. The smallest absolute Gasteiger partial charge is 0.0153 e. The fraction of sp³-hybridized carbons (Fsp3) is 0.778. The second-order valence-corrected chi connectivity index (χ2v) is 9.21. The van der Waals surface area contributed by atoms with Crippen molar-refractivity contribution in [3.05, 3.63) is 24.3 Å². The molecule has 0 nitrogen and oxygen atoms in total. The van der Waals surface area contributed by atoms with E-state index in [1.165, 1.54) is 96.3 Å². The Morgan fingerprint density at radius 2 is 1.04 bits per heavy atom. The van der Waals surface area contributed by atoms with E-state index in [9.17, 15) is 0 Å². The molecule has 0 aliphatic heterocycles. The van der Waals surface area contributed by atoms with Gasteiger partial charge in [-0.05, 0) is 87.2 Å². The first-order chi connectivity index (χ1) is 13.3. The Morgan fingerprint density at radius 1 is 0.593 bits per heavy atom. The zero-order chi connectivity index (χ0) is 19.2. The number of hydrogen-bond acceptors (Lipinski definition) is 0. The van der Waals surface area contributed by atoms with Crippen LogP contribution in [0.15, 0.2) is 24.3 Å². The minimum atomic E-state index is 0.782. The molecule has 0 aromatic heterocycles. The molecular weight excluding hydrogens is 324 g/mol. The van der Waals surface area contributed by atoms with E-state index >= 15 is 0 Å². The fourth-order valence-corrected chi connectivity index (χ4v) is 4.98. The molecule has 2 aliphatic carbocycles. The Labute approximate surface area is 170 Å². The van der Waals surface area contributed by atoms with Gasteiger partial charge in [0.15, 0.2) is 0 Å². The summed E-state index contributed by atoms with van der Waals surface area (Å²) in [4.78, 5) is 0. The van der Waals surface area contributed by atoms with Crippen LogP contribution in [0.3, 0.4) is 0 Å². The molecule has 0 bridgehead atoms. The van der Waals surface area contributed by atoms with Crippen LogP contribution in [-0.4, -0.2) is 0 Å². The summed E-state index contributed by atoms with van der Waals surface area (Å²) in [6.45, 7) is 4.61. The molecule has 0 spiro atoms. The van der Waals surface area contributed by atoms with Gasteiger partial charge in [0, 0.05) is 0 Å². The van der Waals surface area contributed by atoms with Gasteiger partial charge < -0.3 is 0 Å². The normalized spacial score (nSPS) is 29.1. The lowest BCUT2D eigenvalue weighted by atomic mass is 9.79. The quantitative estimate of drug-likeness (QED) is 0.283. The monoisotopic (exact) mass is 368 g/mol. The van der Waals surface area contributed by atoms with E-state index in [1.54, 1.807) is 0 Å². The van der Waals surface area contributed by atoms with E-state index in [0.717, 1.165) is 23.7 Å². The molecule has 0 heterocycles. The Hall–Kier alpha value is -0.960. The molecule has 2 fully saturated rings. The Bertz CT molecular complexity index is 470. The molecule has 27 heavy (non-hydrogen) atoms. The van der Waals surface area contributed by atoms with Crippen molar-refractivity contribution in [2.75, 3.05) is 0 Å². The maximum Gasteiger partial charge on any atom is -0.0153 e. The van der Waals surface area contributed by atoms with Crippen molar-refractivity contribution in [3.63, 3.8) is 0 Å². The van der Waals surface area contributed by atoms with Gasteiger partial charge in [-0.3, -0.25) is 0 Å². The predicted molar refractivity (Wildman–Crippen MR) is 121 cm³/mol. The summed E-state index contributed by atoms with van der Waals surface area (Å²) in [7, 11) is 0. The molecule has 2 aliphatic rings. The highest BCUT2D eigenvalue weighted by molar-refractivity contribution is 5.24. The number of hydrogen-bond donors (Lipinski definition) is 0. The molecule has 0 amide bonds. The van der Waals surface area contributed by atoms with Gasteiger partial charge in [-0.25, -0.2) is 0 Å². The maximum atomic E-state index is 3.24. The topological polar surface area (TPSA) is 0 Å². The van der Waals surface area contributed by atoms with E-state index in [-0.39, 0.29) is 0 Å². The third kappa shape index (κ3) is 9.69. The van der Waals surface area contributed by atoms with E-state index in [4.69, 9.17) is 0 Å². The third-order valence-electron chi connectivity index (χ3n) is 6.95. The van der Waals surface area contributed by atoms with Crippen molar-refractivity contribution < 1.29 is 0 Å². The lowest BCUT2D eigenvalue weighted by Crippen LogP contribution is -2.13. The van der Waals surface area contributed by atoms with E-state index in [2.05, 4.69) is 50.0 Å². The average Bonchev–Trinajstić information content (AvgIpc) is 2.71. The lowest BCUT2D eigenvalue weighted by molar-refractivity contribution is 0.289. The summed E-state index contributed by atoms with van der Waals surface area (Å²) in [6, 6.07) is 0. The number of unbranched alkanes of at least 4 members (excludes halogenated alkanes) is 3. The molecule has 0 radical (unpaired) electrons. The first-order valence-corrected chi connectivity index (χ1v) is 12.2. The van der Waals surface area contributed by atoms with E-state index in [0.29, 0.717) is 0 Å². The SMILES string of the molecule is CCCCCC1CCC(C=CC#CC=CC2CCC(CCCC)CC2)CC1. The molecule has 0 aromatic rings. The van der Waals surface area contributed by atoms with Crippen LogP contribution in [0.1, 0.15) is 110 Å². The van der Waals surface area contributed by atoms with Crippen LogP contribution in [0.5, 0.6) is 0 Å². The van der Waals surface area contributed by atoms with Crippen LogP contribution in [-0.2, 0) is 0 Å². The maximum absolute atomic E-state index is 3.24. The van der Waals surface area contributed by atoms with Crippen molar-refractivity contribution in [2.45, 2.75) is 110 Å². The summed E-state index contributed by atoms with van der Waals surface area (Å²) >= 11 is 0. The Balaban J connectivity index is 1.57. The highest BCUT2D eigenvalue weighted by atomic mass is 14.2. The van der Waals surface area contributed by atoms with Crippen molar-refractivity contribution in [1.82, 2.24) is 0 Å². The summed E-state index contributed by atoms with van der Waals surface area (Å²) in [5.41, 5.74) is 0. The predicted octanol–water partition coefficient (Wildman–Crippen LogP) is 8.49. The minimum Gasteiger partial charge on any atom is -0.0730 e. The van der Waals surface area contributed by atoms with Crippen LogP contribution < -0.4 is 0 Å². The standard InChI is InChI=1S/C27H44/c1-3-5-9-13-25-20-22-27(23-21-25)15-11-8-7-10-14-26-18-16-24(17-19-26)12-6-4-2/h10-11,14-15,24-27H,3-6,9,12-13,16-23H2,1-2H3. The van der Waals surface area contributed by atoms with Crippen molar-refractivity contribution in [2.24, 2.45) is 23.7 Å².